The predicted octanol–water partition coefficient (Wildman–Crippen LogP) is 3.26. The Morgan fingerprint density at radius 3 is 2.10 bits per heavy atom. The number of hydrogen-bond donors (Lipinski definition) is 1. The molecule has 0 saturated heterocycles. The number of fused-ring (bicyclic) bond motifs is 1. The topological polar surface area (TPSA) is 57.6 Å². The molecule has 0 unspecified atom stereocenters. The van der Waals surface area contributed by atoms with E-state index in [1.165, 1.54) is 6.07 Å². The molecule has 1 heterocycles. The van der Waals surface area contributed by atoms with E-state index in [2.05, 4.69) is 15.9 Å². The Bertz CT molecular complexity index is 720. The highest BCUT2D eigenvalue weighted by Crippen LogP contribution is 2.39. The second kappa shape index (κ2) is 4.45. The SMILES string of the molecule is Cc1c(Br)ccc(O)c1N1C(=O)c2ccccc2C1=O. The van der Waals surface area contributed by atoms with Gasteiger partial charge < -0.3 is 5.11 Å². The maximum absolute atomic E-state index is 12.4. The monoisotopic (exact) mass is 331 g/mol. The zero-order chi connectivity index (χ0) is 14.4. The smallest absolute Gasteiger partial charge is 0.266 e. The van der Waals surface area contributed by atoms with Gasteiger partial charge in [0.2, 0.25) is 0 Å². The molecule has 5 heteroatoms. The minimum atomic E-state index is -0.415. The number of carbonyl (C=O) groups is 2. The average Bonchev–Trinajstić information content (AvgIpc) is 2.69. The Balaban J connectivity index is 2.22. The summed E-state index contributed by atoms with van der Waals surface area (Å²) in [4.78, 5) is 25.8. The van der Waals surface area contributed by atoms with E-state index in [1.54, 1.807) is 37.3 Å². The van der Waals surface area contributed by atoms with E-state index >= 15 is 0 Å². The van der Waals surface area contributed by atoms with Gasteiger partial charge in [-0.15, -0.1) is 0 Å². The van der Waals surface area contributed by atoms with Crippen LogP contribution >= 0.6 is 15.9 Å². The summed E-state index contributed by atoms with van der Waals surface area (Å²) >= 11 is 3.34. The summed E-state index contributed by atoms with van der Waals surface area (Å²) in [5, 5.41) is 10.0. The van der Waals surface area contributed by atoms with Gasteiger partial charge in [-0.05, 0) is 36.8 Å². The third-order valence-corrected chi connectivity index (χ3v) is 4.22. The van der Waals surface area contributed by atoms with Crippen LogP contribution in [0.5, 0.6) is 5.75 Å². The Morgan fingerprint density at radius 1 is 1.00 bits per heavy atom. The summed E-state index contributed by atoms with van der Waals surface area (Å²) in [5.74, 6) is -0.926. The van der Waals surface area contributed by atoms with Crippen molar-refractivity contribution in [2.45, 2.75) is 6.92 Å². The van der Waals surface area contributed by atoms with Gasteiger partial charge in [0.1, 0.15) is 5.75 Å². The molecule has 0 aliphatic carbocycles. The van der Waals surface area contributed by atoms with Crippen LogP contribution in [0.25, 0.3) is 0 Å². The van der Waals surface area contributed by atoms with Crippen LogP contribution in [0.3, 0.4) is 0 Å². The molecule has 1 aliphatic heterocycles. The van der Waals surface area contributed by atoms with Crippen LogP contribution in [0.4, 0.5) is 5.69 Å². The lowest BCUT2D eigenvalue weighted by Crippen LogP contribution is -2.30. The first-order valence-electron chi connectivity index (χ1n) is 5.98. The second-order valence-corrected chi connectivity index (χ2v) is 5.39. The highest BCUT2D eigenvalue weighted by molar-refractivity contribution is 9.10. The number of phenolic OH excluding ortho intramolecular Hbond substituents is 1. The highest BCUT2D eigenvalue weighted by atomic mass is 79.9. The van der Waals surface area contributed by atoms with Gasteiger partial charge in [-0.3, -0.25) is 9.59 Å². The maximum Gasteiger partial charge on any atom is 0.266 e. The van der Waals surface area contributed by atoms with E-state index in [4.69, 9.17) is 0 Å². The first kappa shape index (κ1) is 12.9. The number of imide groups is 1. The Hall–Kier alpha value is -2.14. The molecule has 0 spiro atoms. The molecule has 0 saturated carbocycles. The fourth-order valence-corrected chi connectivity index (χ4v) is 2.66. The number of aromatic hydroxyl groups is 1. The fraction of sp³-hybridized carbons (Fsp3) is 0.0667. The number of benzene rings is 2. The number of phenols is 1. The van der Waals surface area contributed by atoms with Crippen LogP contribution in [-0.2, 0) is 0 Å². The first-order valence-corrected chi connectivity index (χ1v) is 6.77. The van der Waals surface area contributed by atoms with Gasteiger partial charge in [-0.1, -0.05) is 28.1 Å². The zero-order valence-corrected chi connectivity index (χ0v) is 12.1. The van der Waals surface area contributed by atoms with Crippen LogP contribution in [0.2, 0.25) is 0 Å². The van der Waals surface area contributed by atoms with Gasteiger partial charge in [0.25, 0.3) is 11.8 Å². The van der Waals surface area contributed by atoms with Crippen LogP contribution < -0.4 is 4.90 Å². The molecule has 2 amide bonds. The lowest BCUT2D eigenvalue weighted by Gasteiger charge is -2.18. The van der Waals surface area contributed by atoms with Crippen LogP contribution in [0.15, 0.2) is 40.9 Å². The van der Waals surface area contributed by atoms with Crippen molar-refractivity contribution in [2.24, 2.45) is 0 Å². The standard InChI is InChI=1S/C15H10BrNO3/c1-8-11(16)6-7-12(18)13(8)17-14(19)9-4-2-3-5-10(9)15(17)20/h2-7,18H,1H3. The zero-order valence-electron chi connectivity index (χ0n) is 10.6. The summed E-state index contributed by atoms with van der Waals surface area (Å²) in [7, 11) is 0. The molecule has 0 radical (unpaired) electrons. The summed E-state index contributed by atoms with van der Waals surface area (Å²) < 4.78 is 0.724. The number of amides is 2. The molecule has 0 bridgehead atoms. The van der Waals surface area contributed by atoms with Gasteiger partial charge in [0.05, 0.1) is 16.8 Å². The summed E-state index contributed by atoms with van der Waals surface area (Å²) in [6.07, 6.45) is 0. The van der Waals surface area contributed by atoms with Crippen molar-refractivity contribution in [1.82, 2.24) is 0 Å². The lowest BCUT2D eigenvalue weighted by atomic mass is 10.1. The summed E-state index contributed by atoms with van der Waals surface area (Å²) in [6.45, 7) is 1.74. The third-order valence-electron chi connectivity index (χ3n) is 3.36. The minimum Gasteiger partial charge on any atom is -0.506 e. The number of anilines is 1. The molecule has 3 rings (SSSR count). The van der Waals surface area contributed by atoms with Crippen LogP contribution in [-0.4, -0.2) is 16.9 Å². The highest BCUT2D eigenvalue weighted by Gasteiger charge is 2.38. The van der Waals surface area contributed by atoms with E-state index in [1.807, 2.05) is 0 Å². The molecule has 100 valence electrons. The molecule has 4 nitrogen and oxygen atoms in total. The van der Waals surface area contributed by atoms with Crippen molar-refractivity contribution in [3.05, 3.63) is 57.6 Å². The van der Waals surface area contributed by atoms with Gasteiger partial charge in [0, 0.05) is 4.47 Å². The van der Waals surface area contributed by atoms with Crippen molar-refractivity contribution in [1.29, 1.82) is 0 Å². The Morgan fingerprint density at radius 2 is 1.55 bits per heavy atom. The first-order chi connectivity index (χ1) is 9.52. The summed E-state index contributed by atoms with van der Waals surface area (Å²) in [6, 6.07) is 9.77. The maximum atomic E-state index is 12.4. The number of carbonyl (C=O) groups excluding carboxylic acids is 2. The minimum absolute atomic E-state index is 0.0970. The summed E-state index contributed by atoms with van der Waals surface area (Å²) in [5.41, 5.74) is 1.58. The molecule has 1 N–H and O–H groups in total. The molecule has 2 aromatic rings. The molecule has 0 fully saturated rings. The second-order valence-electron chi connectivity index (χ2n) is 4.53. The van der Waals surface area contributed by atoms with Crippen molar-refractivity contribution >= 4 is 33.4 Å². The van der Waals surface area contributed by atoms with Gasteiger partial charge in [-0.2, -0.15) is 0 Å². The van der Waals surface area contributed by atoms with Gasteiger partial charge in [0.15, 0.2) is 0 Å². The van der Waals surface area contributed by atoms with Crippen molar-refractivity contribution < 1.29 is 14.7 Å². The van der Waals surface area contributed by atoms with Crippen LogP contribution in [0.1, 0.15) is 26.3 Å². The molecule has 1 aliphatic rings. The van der Waals surface area contributed by atoms with Gasteiger partial charge >= 0.3 is 0 Å². The van der Waals surface area contributed by atoms with E-state index in [9.17, 15) is 14.7 Å². The van der Waals surface area contributed by atoms with Crippen molar-refractivity contribution in [2.75, 3.05) is 4.90 Å². The molecule has 0 atom stereocenters. The number of nitrogens with zero attached hydrogens (tertiary/aromatic N) is 1. The molecular formula is C15H10BrNO3. The Labute approximate surface area is 123 Å². The molecule has 0 aromatic heterocycles. The largest absolute Gasteiger partial charge is 0.506 e. The lowest BCUT2D eigenvalue weighted by molar-refractivity contribution is 0.0925. The third kappa shape index (κ3) is 1.67. The van der Waals surface area contributed by atoms with Crippen molar-refractivity contribution in [3.63, 3.8) is 0 Å². The van der Waals surface area contributed by atoms with E-state index in [0.717, 1.165) is 9.37 Å². The van der Waals surface area contributed by atoms with E-state index < -0.39 is 11.8 Å². The number of hydrogen-bond acceptors (Lipinski definition) is 3. The fourth-order valence-electron chi connectivity index (χ4n) is 2.34. The van der Waals surface area contributed by atoms with Gasteiger partial charge in [-0.25, -0.2) is 4.90 Å². The normalized spacial score (nSPS) is 13.8. The number of halogens is 1. The van der Waals surface area contributed by atoms with Crippen molar-refractivity contribution in [3.8, 4) is 5.75 Å². The van der Waals surface area contributed by atoms with E-state index in [0.29, 0.717) is 16.7 Å². The molecule has 20 heavy (non-hydrogen) atoms. The molecular weight excluding hydrogens is 322 g/mol. The molecule has 2 aromatic carbocycles. The number of rotatable bonds is 1. The quantitative estimate of drug-likeness (QED) is 0.816. The predicted molar refractivity (Wildman–Crippen MR) is 78.1 cm³/mol. The Kier molecular flexibility index (Phi) is 2.87. The van der Waals surface area contributed by atoms with E-state index in [-0.39, 0.29) is 11.4 Å². The average molecular weight is 332 g/mol. The van der Waals surface area contributed by atoms with Crippen LogP contribution in [0, 0.1) is 6.92 Å².